The first-order valence-electron chi connectivity index (χ1n) is 6.89. The first-order chi connectivity index (χ1) is 10.1. The van der Waals surface area contributed by atoms with Crippen molar-refractivity contribution in [2.75, 3.05) is 5.32 Å². The second-order valence-electron chi connectivity index (χ2n) is 4.85. The Morgan fingerprint density at radius 2 is 2.19 bits per heavy atom. The van der Waals surface area contributed by atoms with E-state index in [1.807, 2.05) is 19.2 Å². The van der Waals surface area contributed by atoms with Crippen molar-refractivity contribution in [1.29, 1.82) is 0 Å². The van der Waals surface area contributed by atoms with Gasteiger partial charge in [0, 0.05) is 18.0 Å². The van der Waals surface area contributed by atoms with Crippen molar-refractivity contribution < 1.29 is 4.79 Å². The summed E-state index contributed by atoms with van der Waals surface area (Å²) in [5.74, 6) is 0. The third kappa shape index (κ3) is 3.98. The average Bonchev–Trinajstić information content (AvgIpc) is 3.11. The zero-order valence-corrected chi connectivity index (χ0v) is 14.0. The molecule has 0 aliphatic heterocycles. The van der Waals surface area contributed by atoms with E-state index in [0.29, 0.717) is 5.13 Å². The molecule has 6 nitrogen and oxygen atoms in total. The summed E-state index contributed by atoms with van der Waals surface area (Å²) in [6.07, 6.45) is 4.39. The Balaban J connectivity index is 1.99. The first-order valence-corrected chi connectivity index (χ1v) is 8.58. The van der Waals surface area contributed by atoms with Gasteiger partial charge in [-0.05, 0) is 19.8 Å². The minimum Gasteiger partial charge on any atom is -0.326 e. The second kappa shape index (κ2) is 6.95. The van der Waals surface area contributed by atoms with Crippen LogP contribution in [0.1, 0.15) is 43.6 Å². The fourth-order valence-corrected chi connectivity index (χ4v) is 3.45. The number of amides is 2. The Kier molecular flexibility index (Phi) is 5.24. The molecule has 2 amide bonds. The van der Waals surface area contributed by atoms with Crippen LogP contribution in [0, 0.1) is 0 Å². The lowest BCUT2D eigenvalue weighted by Gasteiger charge is -2.27. The Labute approximate surface area is 132 Å². The highest BCUT2D eigenvalue weighted by Crippen LogP contribution is 2.26. The number of thiazole rings is 1. The van der Waals surface area contributed by atoms with Gasteiger partial charge < -0.3 is 5.32 Å². The lowest BCUT2D eigenvalue weighted by Crippen LogP contribution is -2.45. The van der Waals surface area contributed by atoms with Crippen molar-refractivity contribution in [2.45, 2.75) is 45.6 Å². The monoisotopic (exact) mass is 325 g/mol. The van der Waals surface area contributed by atoms with Crippen molar-refractivity contribution >= 4 is 33.8 Å². The molecule has 0 aromatic carbocycles. The summed E-state index contributed by atoms with van der Waals surface area (Å²) >= 11 is 2.94. The number of aryl methyl sites for hydroxylation is 1. The summed E-state index contributed by atoms with van der Waals surface area (Å²) in [6, 6.07) is -0.284. The second-order valence-corrected chi connectivity index (χ2v) is 6.81. The van der Waals surface area contributed by atoms with Crippen molar-refractivity contribution in [3.05, 3.63) is 21.6 Å². The fraction of sp³-hybridized carbons (Fsp3) is 0.538. The van der Waals surface area contributed by atoms with Crippen LogP contribution in [0.2, 0.25) is 0 Å². The highest BCUT2D eigenvalue weighted by atomic mass is 32.1. The average molecular weight is 325 g/mol. The van der Waals surface area contributed by atoms with Gasteiger partial charge in [0.1, 0.15) is 10.0 Å². The summed E-state index contributed by atoms with van der Waals surface area (Å²) < 4.78 is 0. The molecule has 0 radical (unpaired) electrons. The van der Waals surface area contributed by atoms with Crippen LogP contribution in [0.25, 0.3) is 0 Å². The van der Waals surface area contributed by atoms with E-state index in [1.54, 1.807) is 6.20 Å². The molecule has 0 spiro atoms. The predicted molar refractivity (Wildman–Crippen MR) is 85.8 cm³/mol. The third-order valence-corrected chi connectivity index (χ3v) is 5.09. The highest BCUT2D eigenvalue weighted by Gasteiger charge is 2.29. The Hall–Kier alpha value is -1.54. The van der Waals surface area contributed by atoms with Crippen molar-refractivity contribution in [2.24, 2.45) is 0 Å². The minimum atomic E-state index is -0.477. The van der Waals surface area contributed by atoms with Gasteiger partial charge in [-0.15, -0.1) is 21.5 Å². The predicted octanol–water partition coefficient (Wildman–Crippen LogP) is 3.39. The summed E-state index contributed by atoms with van der Waals surface area (Å²) in [7, 11) is 0. The van der Waals surface area contributed by atoms with Gasteiger partial charge in [0.05, 0.1) is 5.54 Å². The maximum atomic E-state index is 12.1. The smallest absolute Gasteiger partial charge is 0.321 e. The van der Waals surface area contributed by atoms with Crippen LogP contribution in [0.4, 0.5) is 9.93 Å². The summed E-state index contributed by atoms with van der Waals surface area (Å²) in [5.41, 5.74) is -0.477. The Morgan fingerprint density at radius 3 is 2.81 bits per heavy atom. The van der Waals surface area contributed by atoms with E-state index in [1.165, 1.54) is 22.7 Å². The molecule has 2 aromatic heterocycles. The van der Waals surface area contributed by atoms with Gasteiger partial charge >= 0.3 is 6.03 Å². The highest BCUT2D eigenvalue weighted by molar-refractivity contribution is 7.15. The molecular weight excluding hydrogens is 306 g/mol. The van der Waals surface area contributed by atoms with E-state index in [9.17, 15) is 4.79 Å². The van der Waals surface area contributed by atoms with Crippen LogP contribution >= 0.6 is 22.7 Å². The zero-order valence-electron chi connectivity index (χ0n) is 12.3. The van der Waals surface area contributed by atoms with Gasteiger partial charge in [0.2, 0.25) is 5.13 Å². The summed E-state index contributed by atoms with van der Waals surface area (Å²) in [4.78, 5) is 16.4. The lowest BCUT2D eigenvalue weighted by atomic mass is 10.0. The summed E-state index contributed by atoms with van der Waals surface area (Å²) in [5, 5.41) is 18.0. The van der Waals surface area contributed by atoms with E-state index >= 15 is 0 Å². The number of urea groups is 1. The van der Waals surface area contributed by atoms with Crippen LogP contribution in [-0.2, 0) is 12.0 Å². The number of nitrogens with zero attached hydrogens (tertiary/aromatic N) is 3. The first kappa shape index (κ1) is 15.8. The van der Waals surface area contributed by atoms with Crippen LogP contribution in [-0.4, -0.2) is 21.2 Å². The molecule has 0 aliphatic carbocycles. The van der Waals surface area contributed by atoms with Crippen molar-refractivity contribution in [3.63, 3.8) is 0 Å². The molecule has 114 valence electrons. The molecule has 1 atom stereocenters. The van der Waals surface area contributed by atoms with E-state index in [0.717, 1.165) is 29.3 Å². The molecule has 2 aromatic rings. The van der Waals surface area contributed by atoms with Crippen LogP contribution in [0.5, 0.6) is 0 Å². The van der Waals surface area contributed by atoms with Gasteiger partial charge in [-0.2, -0.15) is 0 Å². The molecule has 21 heavy (non-hydrogen) atoms. The van der Waals surface area contributed by atoms with Gasteiger partial charge in [-0.1, -0.05) is 25.2 Å². The number of nitrogens with one attached hydrogen (secondary N) is 2. The van der Waals surface area contributed by atoms with Crippen molar-refractivity contribution in [3.8, 4) is 0 Å². The number of anilines is 1. The number of rotatable bonds is 6. The molecular formula is C13H19N5OS2. The molecule has 2 rings (SSSR count). The minimum absolute atomic E-state index is 0.284. The van der Waals surface area contributed by atoms with Gasteiger partial charge in [0.15, 0.2) is 0 Å². The van der Waals surface area contributed by atoms with Crippen molar-refractivity contribution in [1.82, 2.24) is 20.5 Å². The molecule has 0 aliphatic rings. The zero-order chi connectivity index (χ0) is 15.3. The number of aromatic nitrogens is 3. The van der Waals surface area contributed by atoms with E-state index in [4.69, 9.17) is 0 Å². The normalized spacial score (nSPS) is 13.7. The maximum Gasteiger partial charge on any atom is 0.321 e. The van der Waals surface area contributed by atoms with E-state index in [-0.39, 0.29) is 6.03 Å². The molecule has 0 fully saturated rings. The molecule has 2 heterocycles. The SMILES string of the molecule is CCCc1nnc(NC(=O)NC(C)(CC)c2nccs2)s1. The van der Waals surface area contributed by atoms with Gasteiger partial charge in [-0.3, -0.25) is 5.32 Å². The molecule has 2 N–H and O–H groups in total. The maximum absolute atomic E-state index is 12.1. The molecule has 0 saturated carbocycles. The topological polar surface area (TPSA) is 79.8 Å². The molecule has 0 bridgehead atoms. The van der Waals surface area contributed by atoms with Crippen LogP contribution in [0.3, 0.4) is 0 Å². The number of carbonyl (C=O) groups excluding carboxylic acids is 1. The largest absolute Gasteiger partial charge is 0.326 e. The molecule has 8 heteroatoms. The Morgan fingerprint density at radius 1 is 1.38 bits per heavy atom. The van der Waals surface area contributed by atoms with Gasteiger partial charge in [0.25, 0.3) is 0 Å². The number of hydrogen-bond acceptors (Lipinski definition) is 6. The number of hydrogen-bond donors (Lipinski definition) is 2. The Bertz CT molecular complexity index is 583. The third-order valence-electron chi connectivity index (χ3n) is 3.15. The number of carbonyl (C=O) groups is 1. The lowest BCUT2D eigenvalue weighted by molar-refractivity contribution is 0.237. The molecule has 1 unspecified atom stereocenters. The quantitative estimate of drug-likeness (QED) is 0.853. The van der Waals surface area contributed by atoms with Gasteiger partial charge in [-0.25, -0.2) is 9.78 Å². The van der Waals surface area contributed by atoms with E-state index in [2.05, 4.69) is 32.7 Å². The molecule has 0 saturated heterocycles. The van der Waals surface area contributed by atoms with Crippen LogP contribution < -0.4 is 10.6 Å². The summed E-state index contributed by atoms with van der Waals surface area (Å²) in [6.45, 7) is 6.07. The van der Waals surface area contributed by atoms with Crippen LogP contribution in [0.15, 0.2) is 11.6 Å². The van der Waals surface area contributed by atoms with E-state index < -0.39 is 5.54 Å². The standard InChI is InChI=1S/C13H19N5OS2/c1-4-6-9-17-18-12(21-9)15-11(19)16-13(3,5-2)10-14-7-8-20-10/h7-8H,4-6H2,1-3H3,(H2,15,16,18,19). The fourth-order valence-electron chi connectivity index (χ4n) is 1.79.